The Morgan fingerprint density at radius 1 is 1.41 bits per heavy atom. The van der Waals surface area contributed by atoms with E-state index in [1.807, 2.05) is 24.3 Å². The number of aliphatic hydroxyl groups is 1. The van der Waals surface area contributed by atoms with Crippen molar-refractivity contribution in [3.63, 3.8) is 0 Å². The zero-order valence-corrected chi connectivity index (χ0v) is 11.0. The summed E-state index contributed by atoms with van der Waals surface area (Å²) in [4.78, 5) is 2.46. The molecule has 0 aliphatic carbocycles. The molecule has 17 heavy (non-hydrogen) atoms. The van der Waals surface area contributed by atoms with Gasteiger partial charge in [-0.15, -0.1) is 0 Å². The van der Waals surface area contributed by atoms with Gasteiger partial charge in [0.1, 0.15) is 0 Å². The largest absolute Gasteiger partial charge is 0.388 e. The third-order valence-corrected chi connectivity index (χ3v) is 3.89. The summed E-state index contributed by atoms with van der Waals surface area (Å²) in [5, 5.41) is 10.8. The molecule has 1 heterocycles. The highest BCUT2D eigenvalue weighted by molar-refractivity contribution is 6.30. The summed E-state index contributed by atoms with van der Waals surface area (Å²) < 4.78 is 0. The topological polar surface area (TPSA) is 23.5 Å². The van der Waals surface area contributed by atoms with Crippen LogP contribution >= 0.6 is 11.6 Å². The number of benzene rings is 1. The molecule has 0 spiro atoms. The highest BCUT2D eigenvalue weighted by Crippen LogP contribution is 2.22. The van der Waals surface area contributed by atoms with E-state index in [9.17, 15) is 5.11 Å². The van der Waals surface area contributed by atoms with Gasteiger partial charge in [0.25, 0.3) is 0 Å². The SMILES string of the molecule is CC1CCCN1CCC(O)c1ccc(Cl)cc1. The van der Waals surface area contributed by atoms with E-state index in [2.05, 4.69) is 11.8 Å². The van der Waals surface area contributed by atoms with Gasteiger partial charge >= 0.3 is 0 Å². The van der Waals surface area contributed by atoms with Crippen LogP contribution in [-0.4, -0.2) is 29.1 Å². The molecule has 1 aromatic carbocycles. The summed E-state index contributed by atoms with van der Waals surface area (Å²) in [6, 6.07) is 8.14. The zero-order valence-electron chi connectivity index (χ0n) is 10.3. The van der Waals surface area contributed by atoms with Crippen molar-refractivity contribution in [1.82, 2.24) is 4.90 Å². The van der Waals surface area contributed by atoms with Crippen LogP contribution in [0, 0.1) is 0 Å². The Kier molecular flexibility index (Phi) is 4.43. The molecule has 0 amide bonds. The van der Waals surface area contributed by atoms with E-state index in [1.54, 1.807) is 0 Å². The molecule has 1 fully saturated rings. The molecule has 2 rings (SSSR count). The molecule has 94 valence electrons. The van der Waals surface area contributed by atoms with E-state index >= 15 is 0 Å². The molecule has 1 saturated heterocycles. The lowest BCUT2D eigenvalue weighted by Crippen LogP contribution is -2.28. The second-order valence-electron chi connectivity index (χ2n) is 4.88. The molecule has 1 aromatic rings. The Hall–Kier alpha value is -0.570. The summed E-state index contributed by atoms with van der Waals surface area (Å²) in [6.07, 6.45) is 3.00. The summed E-state index contributed by atoms with van der Waals surface area (Å²) in [5.41, 5.74) is 0.959. The van der Waals surface area contributed by atoms with Crippen molar-refractivity contribution < 1.29 is 5.11 Å². The smallest absolute Gasteiger partial charge is 0.0802 e. The van der Waals surface area contributed by atoms with Gasteiger partial charge in [-0.3, -0.25) is 0 Å². The number of aliphatic hydroxyl groups excluding tert-OH is 1. The second-order valence-corrected chi connectivity index (χ2v) is 5.32. The van der Waals surface area contributed by atoms with Crippen LogP contribution < -0.4 is 0 Å². The molecular weight excluding hydrogens is 234 g/mol. The van der Waals surface area contributed by atoms with Gasteiger partial charge in [-0.2, -0.15) is 0 Å². The number of halogens is 1. The van der Waals surface area contributed by atoms with Gasteiger partial charge < -0.3 is 10.0 Å². The molecule has 0 radical (unpaired) electrons. The van der Waals surface area contributed by atoms with E-state index in [0.717, 1.165) is 18.5 Å². The quantitative estimate of drug-likeness (QED) is 0.891. The van der Waals surface area contributed by atoms with Crippen LogP contribution in [-0.2, 0) is 0 Å². The average molecular weight is 254 g/mol. The maximum Gasteiger partial charge on any atom is 0.0802 e. The Labute approximate surface area is 108 Å². The van der Waals surface area contributed by atoms with Crippen LogP contribution in [0.5, 0.6) is 0 Å². The van der Waals surface area contributed by atoms with Crippen LogP contribution in [0.15, 0.2) is 24.3 Å². The monoisotopic (exact) mass is 253 g/mol. The lowest BCUT2D eigenvalue weighted by molar-refractivity contribution is 0.140. The number of hydrogen-bond acceptors (Lipinski definition) is 2. The van der Waals surface area contributed by atoms with Crippen LogP contribution in [0.3, 0.4) is 0 Å². The van der Waals surface area contributed by atoms with Crippen molar-refractivity contribution in [2.45, 2.75) is 38.3 Å². The molecule has 3 heteroatoms. The fourth-order valence-corrected chi connectivity index (χ4v) is 2.59. The van der Waals surface area contributed by atoms with Gasteiger partial charge in [-0.1, -0.05) is 23.7 Å². The predicted octanol–water partition coefficient (Wildman–Crippen LogP) is 3.25. The van der Waals surface area contributed by atoms with Gasteiger partial charge in [0, 0.05) is 17.6 Å². The molecule has 2 atom stereocenters. The van der Waals surface area contributed by atoms with Crippen molar-refractivity contribution in [2.24, 2.45) is 0 Å². The summed E-state index contributed by atoms with van der Waals surface area (Å²) in [7, 11) is 0. The molecule has 2 unspecified atom stereocenters. The van der Waals surface area contributed by atoms with E-state index in [4.69, 9.17) is 11.6 Å². The predicted molar refractivity (Wildman–Crippen MR) is 71.3 cm³/mol. The number of hydrogen-bond donors (Lipinski definition) is 1. The lowest BCUT2D eigenvalue weighted by atomic mass is 10.1. The van der Waals surface area contributed by atoms with E-state index < -0.39 is 0 Å². The van der Waals surface area contributed by atoms with E-state index in [0.29, 0.717) is 11.1 Å². The molecule has 1 aliphatic heterocycles. The van der Waals surface area contributed by atoms with Crippen LogP contribution in [0.25, 0.3) is 0 Å². The van der Waals surface area contributed by atoms with E-state index in [-0.39, 0.29) is 6.10 Å². The highest BCUT2D eigenvalue weighted by atomic mass is 35.5. The van der Waals surface area contributed by atoms with Gasteiger partial charge in [0.05, 0.1) is 6.10 Å². The number of likely N-dealkylation sites (tertiary alicyclic amines) is 1. The minimum Gasteiger partial charge on any atom is -0.388 e. The number of rotatable bonds is 4. The van der Waals surface area contributed by atoms with Gasteiger partial charge in [0.15, 0.2) is 0 Å². The first kappa shape index (κ1) is 12.9. The van der Waals surface area contributed by atoms with Crippen molar-refractivity contribution in [2.75, 3.05) is 13.1 Å². The van der Waals surface area contributed by atoms with Gasteiger partial charge in [0.2, 0.25) is 0 Å². The van der Waals surface area contributed by atoms with Crippen molar-refractivity contribution >= 4 is 11.6 Å². The first-order valence-corrected chi connectivity index (χ1v) is 6.72. The number of nitrogens with zero attached hydrogens (tertiary/aromatic N) is 1. The van der Waals surface area contributed by atoms with Crippen molar-refractivity contribution in [3.05, 3.63) is 34.9 Å². The fraction of sp³-hybridized carbons (Fsp3) is 0.571. The maximum atomic E-state index is 10.1. The summed E-state index contributed by atoms with van der Waals surface area (Å²) in [6.45, 7) is 4.42. The Balaban J connectivity index is 1.84. The third kappa shape index (κ3) is 3.44. The molecule has 0 aromatic heterocycles. The lowest BCUT2D eigenvalue weighted by Gasteiger charge is -2.22. The fourth-order valence-electron chi connectivity index (χ4n) is 2.46. The van der Waals surface area contributed by atoms with Gasteiger partial charge in [-0.25, -0.2) is 0 Å². The van der Waals surface area contributed by atoms with Crippen LogP contribution in [0.1, 0.15) is 37.9 Å². The first-order chi connectivity index (χ1) is 8.16. The van der Waals surface area contributed by atoms with Crippen molar-refractivity contribution in [1.29, 1.82) is 0 Å². The van der Waals surface area contributed by atoms with Gasteiger partial charge in [-0.05, 0) is 50.4 Å². The summed E-state index contributed by atoms with van der Waals surface area (Å²) >= 11 is 5.83. The molecular formula is C14H20ClNO. The van der Waals surface area contributed by atoms with E-state index in [1.165, 1.54) is 19.4 Å². The zero-order chi connectivity index (χ0) is 12.3. The molecule has 2 nitrogen and oxygen atoms in total. The maximum absolute atomic E-state index is 10.1. The average Bonchev–Trinajstić information content (AvgIpc) is 2.73. The molecule has 0 bridgehead atoms. The molecule has 1 N–H and O–H groups in total. The normalized spacial score (nSPS) is 22.9. The minimum absolute atomic E-state index is 0.375. The van der Waals surface area contributed by atoms with Crippen LogP contribution in [0.2, 0.25) is 5.02 Å². The van der Waals surface area contributed by atoms with Crippen molar-refractivity contribution in [3.8, 4) is 0 Å². The third-order valence-electron chi connectivity index (χ3n) is 3.64. The first-order valence-electron chi connectivity index (χ1n) is 6.34. The Morgan fingerprint density at radius 3 is 2.71 bits per heavy atom. The Morgan fingerprint density at radius 2 is 2.12 bits per heavy atom. The second kappa shape index (κ2) is 5.85. The molecule has 1 aliphatic rings. The minimum atomic E-state index is -0.375. The standard InChI is InChI=1S/C14H20ClNO/c1-11-3-2-9-16(11)10-8-14(17)12-4-6-13(15)7-5-12/h4-7,11,14,17H,2-3,8-10H2,1H3. The molecule has 0 saturated carbocycles. The summed E-state index contributed by atoms with van der Waals surface area (Å²) in [5.74, 6) is 0. The van der Waals surface area contributed by atoms with Crippen LogP contribution in [0.4, 0.5) is 0 Å². The highest BCUT2D eigenvalue weighted by Gasteiger charge is 2.20. The Bertz CT molecular complexity index is 352.